The lowest BCUT2D eigenvalue weighted by Crippen LogP contribution is -2.47. The molecule has 0 unspecified atom stereocenters. The van der Waals surface area contributed by atoms with Crippen LogP contribution in [-0.2, 0) is 14.3 Å². The quantitative estimate of drug-likeness (QED) is 0.454. The van der Waals surface area contributed by atoms with Crippen molar-refractivity contribution in [1.82, 2.24) is 5.32 Å². The number of rotatable bonds is 8. The second-order valence-corrected chi connectivity index (χ2v) is 8.15. The predicted octanol–water partition coefficient (Wildman–Crippen LogP) is 2.48. The molecule has 1 fully saturated rings. The van der Waals surface area contributed by atoms with Gasteiger partial charge in [0.25, 0.3) is 0 Å². The molecule has 0 saturated carbocycles. The van der Waals surface area contributed by atoms with Gasteiger partial charge in [0.1, 0.15) is 18.0 Å². The van der Waals surface area contributed by atoms with E-state index in [2.05, 4.69) is 16.0 Å². The maximum Gasteiger partial charge on any atom is 0.323 e. The Hall–Kier alpha value is -3.14. The van der Waals surface area contributed by atoms with E-state index in [0.29, 0.717) is 36.7 Å². The van der Waals surface area contributed by atoms with Gasteiger partial charge in [0.05, 0.1) is 25.7 Å². The first-order valence-electron chi connectivity index (χ1n) is 11.0. The standard InChI is InChI=1S/C24H29N3O6/c1-31-10-9-25-22(29)13-17-12-19-18-11-16(27-24(30)26-15-5-3-2-4-6-15)7-8-20(18)33-23(19)21(14-28)32-17/h2-8,11,17,19,21,23,28H,9-10,12-14H2,1H3,(H,25,29)(H2,26,27,30)/t17-,19+,21+,23-/m0/s1. The highest BCUT2D eigenvalue weighted by molar-refractivity contribution is 5.99. The molecule has 4 atom stereocenters. The number of urea groups is 1. The van der Waals surface area contributed by atoms with Crippen molar-refractivity contribution in [2.24, 2.45) is 0 Å². The molecule has 9 nitrogen and oxygen atoms in total. The fraction of sp³-hybridized carbons (Fsp3) is 0.417. The number of aliphatic hydroxyl groups excluding tert-OH is 1. The van der Waals surface area contributed by atoms with Crippen LogP contribution in [0.25, 0.3) is 0 Å². The van der Waals surface area contributed by atoms with E-state index in [1.807, 2.05) is 42.5 Å². The number of aliphatic hydroxyl groups is 1. The molecule has 2 aliphatic rings. The van der Waals surface area contributed by atoms with Gasteiger partial charge in [-0.25, -0.2) is 4.79 Å². The van der Waals surface area contributed by atoms with E-state index in [9.17, 15) is 14.7 Å². The van der Waals surface area contributed by atoms with Gasteiger partial charge >= 0.3 is 6.03 Å². The molecule has 0 radical (unpaired) electrons. The van der Waals surface area contributed by atoms with Gasteiger partial charge in [-0.1, -0.05) is 18.2 Å². The van der Waals surface area contributed by atoms with Crippen molar-refractivity contribution < 1.29 is 28.9 Å². The van der Waals surface area contributed by atoms with Crippen LogP contribution in [0.3, 0.4) is 0 Å². The van der Waals surface area contributed by atoms with Gasteiger partial charge in [-0.3, -0.25) is 4.79 Å². The van der Waals surface area contributed by atoms with E-state index in [4.69, 9.17) is 14.2 Å². The molecule has 0 aromatic heterocycles. The van der Waals surface area contributed by atoms with Crippen LogP contribution in [0, 0.1) is 0 Å². The van der Waals surface area contributed by atoms with Crippen molar-refractivity contribution in [1.29, 1.82) is 0 Å². The molecule has 4 rings (SSSR count). The maximum absolute atomic E-state index is 12.4. The van der Waals surface area contributed by atoms with Crippen LogP contribution in [0.2, 0.25) is 0 Å². The third-order valence-corrected chi connectivity index (χ3v) is 5.83. The lowest BCUT2D eigenvalue weighted by atomic mass is 9.84. The van der Waals surface area contributed by atoms with Gasteiger partial charge in [0.2, 0.25) is 5.91 Å². The average Bonchev–Trinajstić information content (AvgIpc) is 3.17. The zero-order valence-electron chi connectivity index (χ0n) is 18.5. The second kappa shape index (κ2) is 10.7. The zero-order valence-corrected chi connectivity index (χ0v) is 18.5. The van der Waals surface area contributed by atoms with Crippen molar-refractivity contribution in [3.63, 3.8) is 0 Å². The highest BCUT2D eigenvalue weighted by atomic mass is 16.6. The number of methoxy groups -OCH3 is 1. The van der Waals surface area contributed by atoms with Gasteiger partial charge in [0, 0.05) is 36.5 Å². The first-order valence-corrected chi connectivity index (χ1v) is 11.0. The summed E-state index contributed by atoms with van der Waals surface area (Å²) in [4.78, 5) is 24.6. The fourth-order valence-electron chi connectivity index (χ4n) is 4.35. The van der Waals surface area contributed by atoms with E-state index in [-0.39, 0.29) is 43.1 Å². The number of nitrogens with one attached hydrogen (secondary N) is 3. The molecule has 9 heteroatoms. The number of hydrogen-bond acceptors (Lipinski definition) is 6. The third-order valence-electron chi connectivity index (χ3n) is 5.83. The van der Waals surface area contributed by atoms with Crippen LogP contribution < -0.4 is 20.7 Å². The van der Waals surface area contributed by atoms with Gasteiger partial charge in [-0.05, 0) is 36.8 Å². The summed E-state index contributed by atoms with van der Waals surface area (Å²) >= 11 is 0. The van der Waals surface area contributed by atoms with E-state index < -0.39 is 6.10 Å². The number of carbonyl (C=O) groups is 2. The third kappa shape index (κ3) is 5.62. The predicted molar refractivity (Wildman–Crippen MR) is 123 cm³/mol. The van der Waals surface area contributed by atoms with Crippen molar-refractivity contribution in [3.8, 4) is 5.75 Å². The fourth-order valence-corrected chi connectivity index (χ4v) is 4.35. The summed E-state index contributed by atoms with van der Waals surface area (Å²) in [6, 6.07) is 14.3. The molecule has 2 heterocycles. The normalized spacial score (nSPS) is 23.1. The van der Waals surface area contributed by atoms with Crippen LogP contribution in [0.1, 0.15) is 24.3 Å². The maximum atomic E-state index is 12.4. The highest BCUT2D eigenvalue weighted by Crippen LogP contribution is 2.47. The molecule has 2 aromatic carbocycles. The number of amides is 3. The van der Waals surface area contributed by atoms with Crippen molar-refractivity contribution in [3.05, 3.63) is 54.1 Å². The summed E-state index contributed by atoms with van der Waals surface area (Å²) in [5.41, 5.74) is 2.26. The Labute approximate surface area is 192 Å². The SMILES string of the molecule is COCCNC(=O)C[C@@H]1C[C@@H]2c3cc(NC(=O)Nc4ccccc4)ccc3O[C@@H]2[C@@H](CO)O1. The monoisotopic (exact) mass is 455 g/mol. The molecule has 0 bridgehead atoms. The first kappa shape index (κ1) is 23.0. The van der Waals surface area contributed by atoms with E-state index >= 15 is 0 Å². The summed E-state index contributed by atoms with van der Waals surface area (Å²) in [5.74, 6) is 0.521. The topological polar surface area (TPSA) is 118 Å². The molecule has 176 valence electrons. The number of hydrogen-bond donors (Lipinski definition) is 4. The molecule has 3 amide bonds. The Morgan fingerprint density at radius 1 is 1.12 bits per heavy atom. The minimum Gasteiger partial charge on any atom is -0.487 e. The number of benzene rings is 2. The van der Waals surface area contributed by atoms with E-state index in [1.54, 1.807) is 13.2 Å². The zero-order chi connectivity index (χ0) is 23.2. The molecule has 4 N–H and O–H groups in total. The summed E-state index contributed by atoms with van der Waals surface area (Å²) in [6.07, 6.45) is -0.461. The summed E-state index contributed by atoms with van der Waals surface area (Å²) < 4.78 is 17.0. The Morgan fingerprint density at radius 3 is 2.67 bits per heavy atom. The van der Waals surface area contributed by atoms with Gasteiger partial charge in [-0.2, -0.15) is 0 Å². The van der Waals surface area contributed by atoms with Gasteiger partial charge < -0.3 is 35.3 Å². The van der Waals surface area contributed by atoms with Crippen molar-refractivity contribution in [2.75, 3.05) is 37.5 Å². The van der Waals surface area contributed by atoms with E-state index in [1.165, 1.54) is 0 Å². The minimum atomic E-state index is -0.536. The van der Waals surface area contributed by atoms with Gasteiger partial charge in [0.15, 0.2) is 0 Å². The summed E-state index contributed by atoms with van der Waals surface area (Å²) in [6.45, 7) is 0.668. The van der Waals surface area contributed by atoms with Crippen molar-refractivity contribution >= 4 is 23.3 Å². The molecular weight excluding hydrogens is 426 g/mol. The van der Waals surface area contributed by atoms with Crippen LogP contribution in [0.4, 0.5) is 16.2 Å². The number of para-hydroxylation sites is 1. The number of ether oxygens (including phenoxy) is 3. The van der Waals surface area contributed by atoms with Crippen LogP contribution in [-0.4, -0.2) is 62.2 Å². The first-order chi connectivity index (χ1) is 16.1. The Bertz CT molecular complexity index is 970. The molecule has 0 aliphatic carbocycles. The molecular formula is C24H29N3O6. The molecule has 1 saturated heterocycles. The lowest BCUT2D eigenvalue weighted by molar-refractivity contribution is -0.142. The largest absolute Gasteiger partial charge is 0.487 e. The van der Waals surface area contributed by atoms with Crippen LogP contribution in [0.15, 0.2) is 48.5 Å². The number of anilines is 2. The molecule has 2 aromatic rings. The smallest absolute Gasteiger partial charge is 0.323 e. The van der Waals surface area contributed by atoms with Crippen LogP contribution in [0.5, 0.6) is 5.75 Å². The van der Waals surface area contributed by atoms with Gasteiger partial charge in [-0.15, -0.1) is 0 Å². The van der Waals surface area contributed by atoms with Crippen LogP contribution >= 0.6 is 0 Å². The lowest BCUT2D eigenvalue weighted by Gasteiger charge is -2.37. The molecule has 2 aliphatic heterocycles. The second-order valence-electron chi connectivity index (χ2n) is 8.15. The number of fused-ring (bicyclic) bond motifs is 3. The Kier molecular flexibility index (Phi) is 7.43. The molecule has 0 spiro atoms. The minimum absolute atomic E-state index is 0.0541. The number of carbonyl (C=O) groups excluding carboxylic acids is 2. The highest BCUT2D eigenvalue weighted by Gasteiger charge is 2.46. The molecule has 33 heavy (non-hydrogen) atoms. The Balaban J connectivity index is 1.43. The summed E-state index contributed by atoms with van der Waals surface area (Å²) in [5, 5.41) is 18.3. The van der Waals surface area contributed by atoms with Crippen molar-refractivity contribution in [2.45, 2.75) is 37.1 Å². The summed E-state index contributed by atoms with van der Waals surface area (Å²) in [7, 11) is 1.58. The average molecular weight is 456 g/mol. The van der Waals surface area contributed by atoms with E-state index in [0.717, 1.165) is 5.56 Å². The Morgan fingerprint density at radius 2 is 1.91 bits per heavy atom.